The molecule has 1 aromatic heterocycles. The van der Waals surface area contributed by atoms with Crippen molar-refractivity contribution < 1.29 is 9.53 Å². The van der Waals surface area contributed by atoms with E-state index in [-0.39, 0.29) is 17.7 Å². The smallest absolute Gasteiger partial charge is 0.231 e. The summed E-state index contributed by atoms with van der Waals surface area (Å²) >= 11 is 3.42. The molecule has 1 fully saturated rings. The molecular weight excluding hydrogens is 272 g/mol. The normalized spacial score (nSPS) is 27.9. The minimum absolute atomic E-state index is 0.0343. The summed E-state index contributed by atoms with van der Waals surface area (Å²) in [6.45, 7) is 1.24. The van der Waals surface area contributed by atoms with Crippen molar-refractivity contribution in [3.63, 3.8) is 0 Å². The van der Waals surface area contributed by atoms with Crippen molar-refractivity contribution in [3.8, 4) is 0 Å². The van der Waals surface area contributed by atoms with E-state index in [4.69, 9.17) is 4.74 Å². The number of carbonyl (C=O) groups is 1. The molecule has 2 atom stereocenters. The summed E-state index contributed by atoms with van der Waals surface area (Å²) < 4.78 is 6.31. The third-order valence-corrected chi connectivity index (χ3v) is 3.65. The molecule has 5 heteroatoms. The van der Waals surface area contributed by atoms with Crippen molar-refractivity contribution in [2.75, 3.05) is 18.5 Å². The Labute approximate surface area is 102 Å². The fourth-order valence-electron chi connectivity index (χ4n) is 2.42. The molecular formula is C11H11BrN2O2. The Morgan fingerprint density at radius 1 is 1.50 bits per heavy atom. The second-order valence-corrected chi connectivity index (χ2v) is 5.07. The van der Waals surface area contributed by atoms with Gasteiger partial charge in [0.1, 0.15) is 5.82 Å². The number of halogens is 1. The van der Waals surface area contributed by atoms with Crippen LogP contribution in [0.15, 0.2) is 16.7 Å². The maximum atomic E-state index is 11.8. The van der Waals surface area contributed by atoms with E-state index in [1.54, 1.807) is 6.20 Å². The zero-order valence-electron chi connectivity index (χ0n) is 8.57. The molecule has 1 saturated heterocycles. The van der Waals surface area contributed by atoms with E-state index in [2.05, 4.69) is 26.2 Å². The molecule has 0 saturated carbocycles. The van der Waals surface area contributed by atoms with Crippen LogP contribution in [0.2, 0.25) is 0 Å². The van der Waals surface area contributed by atoms with Crippen LogP contribution in [0.3, 0.4) is 0 Å². The summed E-state index contributed by atoms with van der Waals surface area (Å²) in [6, 6.07) is 2.05. The van der Waals surface area contributed by atoms with Gasteiger partial charge in [0.15, 0.2) is 0 Å². The van der Waals surface area contributed by atoms with Gasteiger partial charge >= 0.3 is 0 Å². The summed E-state index contributed by atoms with van der Waals surface area (Å²) in [5.41, 5.74) is 1.13. The fraction of sp³-hybridized carbons (Fsp3) is 0.455. The van der Waals surface area contributed by atoms with Gasteiger partial charge in [-0.25, -0.2) is 4.98 Å². The molecule has 3 heterocycles. The van der Waals surface area contributed by atoms with Gasteiger partial charge < -0.3 is 10.1 Å². The van der Waals surface area contributed by atoms with Gasteiger partial charge in [-0.2, -0.15) is 0 Å². The van der Waals surface area contributed by atoms with Crippen LogP contribution >= 0.6 is 15.9 Å². The van der Waals surface area contributed by atoms with E-state index in [1.165, 1.54) is 0 Å². The predicted molar refractivity (Wildman–Crippen MR) is 62.2 cm³/mol. The first-order chi connectivity index (χ1) is 7.75. The lowest BCUT2D eigenvalue weighted by Gasteiger charge is -2.35. The number of anilines is 1. The van der Waals surface area contributed by atoms with E-state index >= 15 is 0 Å². The van der Waals surface area contributed by atoms with Crippen LogP contribution in [0, 0.1) is 5.92 Å². The molecule has 1 unspecified atom stereocenters. The molecule has 0 spiro atoms. The number of rotatable bonds is 0. The Bertz CT molecular complexity index is 450. The molecule has 1 amide bonds. The first-order valence-electron chi connectivity index (χ1n) is 5.30. The van der Waals surface area contributed by atoms with Gasteiger partial charge in [0.2, 0.25) is 5.91 Å². The SMILES string of the molecule is O=C1Nc2ncc(Br)cc2[C@H]2CCOCC12. The van der Waals surface area contributed by atoms with E-state index in [0.717, 1.165) is 23.1 Å². The molecule has 2 aliphatic rings. The van der Waals surface area contributed by atoms with Gasteiger partial charge in [-0.05, 0) is 28.4 Å². The third kappa shape index (κ3) is 1.55. The van der Waals surface area contributed by atoms with Gasteiger partial charge in [-0.3, -0.25) is 4.79 Å². The minimum Gasteiger partial charge on any atom is -0.381 e. The van der Waals surface area contributed by atoms with E-state index < -0.39 is 0 Å². The van der Waals surface area contributed by atoms with Crippen molar-refractivity contribution >= 4 is 27.7 Å². The number of nitrogens with zero attached hydrogens (tertiary/aromatic N) is 1. The maximum absolute atomic E-state index is 11.8. The van der Waals surface area contributed by atoms with Crippen molar-refractivity contribution in [1.82, 2.24) is 4.98 Å². The highest BCUT2D eigenvalue weighted by Gasteiger charge is 2.38. The number of fused-ring (bicyclic) bond motifs is 3. The minimum atomic E-state index is -0.0580. The second-order valence-electron chi connectivity index (χ2n) is 4.16. The lowest BCUT2D eigenvalue weighted by Crippen LogP contribution is -2.40. The topological polar surface area (TPSA) is 51.2 Å². The maximum Gasteiger partial charge on any atom is 0.231 e. The van der Waals surface area contributed by atoms with E-state index in [1.807, 2.05) is 6.07 Å². The molecule has 2 aliphatic heterocycles. The standard InChI is InChI=1S/C11H11BrN2O2/c12-6-3-8-7-1-2-16-5-9(7)11(15)14-10(8)13-4-6/h3-4,7,9H,1-2,5H2,(H,13,14,15)/t7-,9?/m1/s1. The Balaban J connectivity index is 2.07. The van der Waals surface area contributed by atoms with Crippen molar-refractivity contribution in [1.29, 1.82) is 0 Å². The molecule has 0 aliphatic carbocycles. The number of amides is 1. The van der Waals surface area contributed by atoms with Crippen LogP contribution in [0.5, 0.6) is 0 Å². The van der Waals surface area contributed by atoms with Crippen LogP contribution < -0.4 is 5.32 Å². The highest BCUT2D eigenvalue weighted by atomic mass is 79.9. The van der Waals surface area contributed by atoms with Gasteiger partial charge in [0, 0.05) is 28.8 Å². The molecule has 84 valence electrons. The van der Waals surface area contributed by atoms with E-state index in [0.29, 0.717) is 12.4 Å². The van der Waals surface area contributed by atoms with Crippen LogP contribution in [0.1, 0.15) is 17.9 Å². The molecule has 3 rings (SSSR count). The zero-order chi connectivity index (χ0) is 11.1. The summed E-state index contributed by atoms with van der Waals surface area (Å²) in [5.74, 6) is 0.934. The van der Waals surface area contributed by atoms with Gasteiger partial charge in [-0.1, -0.05) is 0 Å². The highest BCUT2D eigenvalue weighted by molar-refractivity contribution is 9.10. The molecule has 1 N–H and O–H groups in total. The molecule has 4 nitrogen and oxygen atoms in total. The molecule has 0 radical (unpaired) electrons. The summed E-state index contributed by atoms with van der Waals surface area (Å²) in [6.07, 6.45) is 2.60. The Morgan fingerprint density at radius 2 is 2.38 bits per heavy atom. The lowest BCUT2D eigenvalue weighted by atomic mass is 9.80. The summed E-state index contributed by atoms with van der Waals surface area (Å²) in [5, 5.41) is 2.84. The number of pyridine rings is 1. The van der Waals surface area contributed by atoms with Gasteiger partial charge in [0.25, 0.3) is 0 Å². The number of hydrogen-bond acceptors (Lipinski definition) is 3. The number of aromatic nitrogens is 1. The Hall–Kier alpha value is -0.940. The first-order valence-corrected chi connectivity index (χ1v) is 6.09. The lowest BCUT2D eigenvalue weighted by molar-refractivity contribution is -0.125. The first kappa shape index (κ1) is 10.2. The molecule has 16 heavy (non-hydrogen) atoms. The summed E-state index contributed by atoms with van der Waals surface area (Å²) in [4.78, 5) is 16.1. The number of hydrogen-bond donors (Lipinski definition) is 1. The van der Waals surface area contributed by atoms with E-state index in [9.17, 15) is 4.79 Å². The number of nitrogens with one attached hydrogen (secondary N) is 1. The largest absolute Gasteiger partial charge is 0.381 e. The van der Waals surface area contributed by atoms with Gasteiger partial charge in [0.05, 0.1) is 12.5 Å². The monoisotopic (exact) mass is 282 g/mol. The number of ether oxygens (including phenoxy) is 1. The summed E-state index contributed by atoms with van der Waals surface area (Å²) in [7, 11) is 0. The number of carbonyl (C=O) groups excluding carboxylic acids is 1. The Kier molecular flexibility index (Phi) is 2.44. The average molecular weight is 283 g/mol. The third-order valence-electron chi connectivity index (χ3n) is 3.22. The fourth-order valence-corrected chi connectivity index (χ4v) is 2.77. The second kappa shape index (κ2) is 3.82. The van der Waals surface area contributed by atoms with Crippen LogP contribution in [-0.4, -0.2) is 24.1 Å². The van der Waals surface area contributed by atoms with Crippen molar-refractivity contribution in [2.24, 2.45) is 5.92 Å². The molecule has 0 aromatic carbocycles. The molecule has 1 aromatic rings. The van der Waals surface area contributed by atoms with Crippen molar-refractivity contribution in [3.05, 3.63) is 22.3 Å². The van der Waals surface area contributed by atoms with Crippen LogP contribution in [-0.2, 0) is 9.53 Å². The zero-order valence-corrected chi connectivity index (χ0v) is 10.2. The predicted octanol–water partition coefficient (Wildman–Crippen LogP) is 1.92. The highest BCUT2D eigenvalue weighted by Crippen LogP contribution is 2.40. The Morgan fingerprint density at radius 3 is 3.25 bits per heavy atom. The van der Waals surface area contributed by atoms with Crippen molar-refractivity contribution in [2.45, 2.75) is 12.3 Å². The quantitative estimate of drug-likeness (QED) is 0.791. The average Bonchev–Trinajstić information content (AvgIpc) is 2.31. The van der Waals surface area contributed by atoms with Gasteiger partial charge in [-0.15, -0.1) is 0 Å². The van der Waals surface area contributed by atoms with Crippen LogP contribution in [0.4, 0.5) is 5.82 Å². The molecule has 0 bridgehead atoms. The van der Waals surface area contributed by atoms with Crippen LogP contribution in [0.25, 0.3) is 0 Å².